The molecule has 98 valence electrons. The van der Waals surface area contributed by atoms with E-state index in [9.17, 15) is 4.79 Å². The summed E-state index contributed by atoms with van der Waals surface area (Å²) in [5, 5.41) is 0. The molecule has 18 heavy (non-hydrogen) atoms. The molecular formula is C13H17NO4. The van der Waals surface area contributed by atoms with Crippen molar-refractivity contribution in [3.63, 3.8) is 0 Å². The summed E-state index contributed by atoms with van der Waals surface area (Å²) >= 11 is 0. The monoisotopic (exact) mass is 251 g/mol. The van der Waals surface area contributed by atoms with Gasteiger partial charge in [0, 0.05) is 25.3 Å². The van der Waals surface area contributed by atoms with Crippen LogP contribution in [0.4, 0.5) is 5.69 Å². The molecule has 5 nitrogen and oxygen atoms in total. The van der Waals surface area contributed by atoms with E-state index in [2.05, 4.69) is 4.74 Å². The summed E-state index contributed by atoms with van der Waals surface area (Å²) in [7, 11) is 3.33. The predicted octanol–water partition coefficient (Wildman–Crippen LogP) is 1.72. The number of ether oxygens (including phenoxy) is 3. The van der Waals surface area contributed by atoms with Crippen LogP contribution in [0, 0.1) is 6.92 Å². The molecule has 0 aliphatic carbocycles. The molecule has 1 aromatic rings. The first-order chi connectivity index (χ1) is 8.61. The van der Waals surface area contributed by atoms with E-state index >= 15 is 0 Å². The van der Waals surface area contributed by atoms with Crippen LogP contribution < -0.4 is 14.4 Å². The van der Waals surface area contributed by atoms with E-state index in [0.29, 0.717) is 13.0 Å². The minimum absolute atomic E-state index is 0.208. The van der Waals surface area contributed by atoms with E-state index in [1.807, 2.05) is 31.0 Å². The molecule has 0 spiro atoms. The van der Waals surface area contributed by atoms with E-state index in [1.165, 1.54) is 7.11 Å². The van der Waals surface area contributed by atoms with Crippen molar-refractivity contribution in [3.8, 4) is 11.5 Å². The van der Waals surface area contributed by atoms with Gasteiger partial charge in [-0.25, -0.2) is 0 Å². The highest BCUT2D eigenvalue weighted by molar-refractivity contribution is 5.70. The highest BCUT2D eigenvalue weighted by Gasteiger charge is 2.17. The topological polar surface area (TPSA) is 48.0 Å². The molecule has 2 rings (SSSR count). The summed E-state index contributed by atoms with van der Waals surface area (Å²) in [6.45, 7) is 2.88. The Morgan fingerprint density at radius 1 is 1.39 bits per heavy atom. The Morgan fingerprint density at radius 2 is 2.06 bits per heavy atom. The Labute approximate surface area is 106 Å². The molecule has 1 aromatic carbocycles. The Kier molecular flexibility index (Phi) is 3.60. The third-order valence-electron chi connectivity index (χ3n) is 2.98. The molecule has 5 heteroatoms. The molecule has 1 heterocycles. The van der Waals surface area contributed by atoms with Gasteiger partial charge >= 0.3 is 5.97 Å². The van der Waals surface area contributed by atoms with Gasteiger partial charge in [0.15, 0.2) is 11.5 Å². The van der Waals surface area contributed by atoms with Crippen molar-refractivity contribution < 1.29 is 19.0 Å². The number of rotatable bonds is 4. The molecule has 1 aliphatic rings. The van der Waals surface area contributed by atoms with Crippen LogP contribution in [0.5, 0.6) is 11.5 Å². The molecule has 0 fully saturated rings. The number of nitrogens with zero attached hydrogens (tertiary/aromatic N) is 1. The van der Waals surface area contributed by atoms with Crippen LogP contribution >= 0.6 is 0 Å². The van der Waals surface area contributed by atoms with Gasteiger partial charge in [0.2, 0.25) is 6.79 Å². The van der Waals surface area contributed by atoms with Gasteiger partial charge < -0.3 is 19.1 Å². The number of carbonyl (C=O) groups excluding carboxylic acids is 1. The highest BCUT2D eigenvalue weighted by atomic mass is 16.7. The molecule has 0 unspecified atom stereocenters. The third-order valence-corrected chi connectivity index (χ3v) is 2.98. The summed E-state index contributed by atoms with van der Waals surface area (Å²) in [5.74, 6) is 1.32. The van der Waals surface area contributed by atoms with Gasteiger partial charge in [-0.05, 0) is 18.6 Å². The van der Waals surface area contributed by atoms with E-state index in [-0.39, 0.29) is 12.8 Å². The Morgan fingerprint density at radius 3 is 2.72 bits per heavy atom. The quantitative estimate of drug-likeness (QED) is 0.763. The molecule has 0 amide bonds. The number of aryl methyl sites for hydroxylation is 1. The van der Waals surface area contributed by atoms with Crippen LogP contribution in [-0.4, -0.2) is 33.5 Å². The second kappa shape index (κ2) is 5.16. The number of methoxy groups -OCH3 is 1. The standard InChI is InChI=1S/C13H17NO4/c1-9-6-11-12(18-8-17-11)7-10(9)14(2)5-4-13(15)16-3/h6-7H,4-5,8H2,1-3H3. The molecular weight excluding hydrogens is 234 g/mol. The largest absolute Gasteiger partial charge is 0.469 e. The number of carbonyl (C=O) groups is 1. The van der Waals surface area contributed by atoms with Gasteiger partial charge in [0.25, 0.3) is 0 Å². The average molecular weight is 251 g/mol. The Bertz CT molecular complexity index is 459. The maximum absolute atomic E-state index is 11.1. The molecule has 0 bridgehead atoms. The fourth-order valence-corrected chi connectivity index (χ4v) is 1.93. The minimum Gasteiger partial charge on any atom is -0.469 e. The van der Waals surface area contributed by atoms with E-state index in [1.54, 1.807) is 0 Å². The molecule has 0 atom stereocenters. The SMILES string of the molecule is COC(=O)CCN(C)c1cc2c(cc1C)OCO2. The van der Waals surface area contributed by atoms with E-state index < -0.39 is 0 Å². The van der Waals surface area contributed by atoms with Crippen LogP contribution in [0.2, 0.25) is 0 Å². The van der Waals surface area contributed by atoms with Gasteiger partial charge in [-0.15, -0.1) is 0 Å². The first-order valence-electron chi connectivity index (χ1n) is 5.80. The van der Waals surface area contributed by atoms with Crippen molar-refractivity contribution in [1.82, 2.24) is 0 Å². The molecule has 0 radical (unpaired) electrons. The fourth-order valence-electron chi connectivity index (χ4n) is 1.93. The molecule has 0 N–H and O–H groups in total. The van der Waals surface area contributed by atoms with Crippen molar-refractivity contribution in [2.45, 2.75) is 13.3 Å². The number of esters is 1. The van der Waals surface area contributed by atoms with Gasteiger partial charge in [-0.2, -0.15) is 0 Å². The average Bonchev–Trinajstić information content (AvgIpc) is 2.81. The molecule has 0 aromatic heterocycles. The normalized spacial score (nSPS) is 12.4. The minimum atomic E-state index is -0.208. The summed E-state index contributed by atoms with van der Waals surface area (Å²) in [4.78, 5) is 13.1. The summed E-state index contributed by atoms with van der Waals surface area (Å²) in [6.07, 6.45) is 0.362. The van der Waals surface area contributed by atoms with Crippen LogP contribution in [0.15, 0.2) is 12.1 Å². The molecule has 1 aliphatic heterocycles. The van der Waals surface area contributed by atoms with Crippen molar-refractivity contribution in [2.24, 2.45) is 0 Å². The lowest BCUT2D eigenvalue weighted by atomic mass is 10.1. The van der Waals surface area contributed by atoms with E-state index in [0.717, 1.165) is 22.7 Å². The zero-order valence-electron chi connectivity index (χ0n) is 10.9. The first kappa shape index (κ1) is 12.5. The van der Waals surface area contributed by atoms with Crippen molar-refractivity contribution in [1.29, 1.82) is 0 Å². The Balaban J connectivity index is 2.10. The van der Waals surface area contributed by atoms with Crippen LogP contribution in [0.25, 0.3) is 0 Å². The van der Waals surface area contributed by atoms with Crippen LogP contribution in [0.1, 0.15) is 12.0 Å². The third kappa shape index (κ3) is 2.50. The van der Waals surface area contributed by atoms with E-state index in [4.69, 9.17) is 9.47 Å². The lowest BCUT2D eigenvalue weighted by Gasteiger charge is -2.21. The summed E-state index contributed by atoms with van der Waals surface area (Å²) in [5.41, 5.74) is 2.12. The molecule has 0 saturated carbocycles. The van der Waals surface area contributed by atoms with Gasteiger partial charge in [0.1, 0.15) is 0 Å². The predicted molar refractivity (Wildman–Crippen MR) is 67.2 cm³/mol. The first-order valence-corrected chi connectivity index (χ1v) is 5.80. The summed E-state index contributed by atoms with van der Waals surface area (Å²) in [6, 6.07) is 3.89. The van der Waals surface area contributed by atoms with Gasteiger partial charge in [-0.3, -0.25) is 4.79 Å². The van der Waals surface area contributed by atoms with Crippen LogP contribution in [0.3, 0.4) is 0 Å². The smallest absolute Gasteiger partial charge is 0.307 e. The second-order valence-electron chi connectivity index (χ2n) is 4.24. The maximum Gasteiger partial charge on any atom is 0.307 e. The lowest BCUT2D eigenvalue weighted by molar-refractivity contribution is -0.140. The van der Waals surface area contributed by atoms with Crippen molar-refractivity contribution >= 4 is 11.7 Å². The summed E-state index contributed by atoms with van der Waals surface area (Å²) < 4.78 is 15.3. The number of benzene rings is 1. The second-order valence-corrected chi connectivity index (χ2v) is 4.24. The number of fused-ring (bicyclic) bond motifs is 1. The van der Waals surface area contributed by atoms with Gasteiger partial charge in [-0.1, -0.05) is 0 Å². The van der Waals surface area contributed by atoms with Gasteiger partial charge in [0.05, 0.1) is 13.5 Å². The van der Waals surface area contributed by atoms with Crippen LogP contribution in [-0.2, 0) is 9.53 Å². The van der Waals surface area contributed by atoms with Crippen molar-refractivity contribution in [2.75, 3.05) is 32.4 Å². The lowest BCUT2D eigenvalue weighted by Crippen LogP contribution is -2.22. The Hall–Kier alpha value is -1.91. The highest BCUT2D eigenvalue weighted by Crippen LogP contribution is 2.37. The fraction of sp³-hybridized carbons (Fsp3) is 0.462. The van der Waals surface area contributed by atoms with Crippen molar-refractivity contribution in [3.05, 3.63) is 17.7 Å². The number of anilines is 1. The maximum atomic E-state index is 11.1. The number of hydrogen-bond donors (Lipinski definition) is 0. The zero-order chi connectivity index (χ0) is 13.1. The number of hydrogen-bond acceptors (Lipinski definition) is 5. The zero-order valence-corrected chi connectivity index (χ0v) is 10.9. The molecule has 0 saturated heterocycles.